The summed E-state index contributed by atoms with van der Waals surface area (Å²) in [6.07, 6.45) is 1.71. The molecule has 1 aliphatic rings. The molecular weight excluding hydrogens is 261 g/mol. The van der Waals surface area contributed by atoms with Crippen LogP contribution in [0.15, 0.2) is 28.7 Å². The number of para-hydroxylation sites is 1. The predicted molar refractivity (Wildman–Crippen MR) is 71.3 cm³/mol. The fourth-order valence-corrected chi connectivity index (χ4v) is 2.08. The molecule has 106 valence electrons. The summed E-state index contributed by atoms with van der Waals surface area (Å²) in [6.45, 7) is 3.32. The fraction of sp³-hybridized carbons (Fsp3) is 0.429. The van der Waals surface area contributed by atoms with Crippen LogP contribution in [0.2, 0.25) is 0 Å². The summed E-state index contributed by atoms with van der Waals surface area (Å²) in [5.41, 5.74) is 0. The Kier molecular flexibility index (Phi) is 3.54. The van der Waals surface area contributed by atoms with Crippen LogP contribution in [0.3, 0.4) is 0 Å². The molecule has 3 rings (SSSR count). The lowest BCUT2D eigenvalue weighted by molar-refractivity contribution is 0.155. The minimum absolute atomic E-state index is 0.0478. The minimum Gasteiger partial charge on any atom is -0.484 e. The largest absolute Gasteiger partial charge is 0.484 e. The molecule has 5 nitrogen and oxygen atoms in total. The predicted octanol–water partition coefficient (Wildman–Crippen LogP) is 2.43. The Morgan fingerprint density at radius 3 is 2.90 bits per heavy atom. The van der Waals surface area contributed by atoms with Gasteiger partial charge in [0.1, 0.15) is 6.10 Å². The monoisotopic (exact) mass is 277 g/mol. The lowest BCUT2D eigenvalue weighted by Crippen LogP contribution is -2.54. The van der Waals surface area contributed by atoms with Gasteiger partial charge in [0.15, 0.2) is 11.6 Å². The number of ether oxygens (including phenoxy) is 1. The van der Waals surface area contributed by atoms with Gasteiger partial charge in [-0.3, -0.25) is 0 Å². The van der Waals surface area contributed by atoms with Gasteiger partial charge >= 0.3 is 6.01 Å². The van der Waals surface area contributed by atoms with Crippen molar-refractivity contribution in [1.82, 2.24) is 10.2 Å². The third-order valence-electron chi connectivity index (χ3n) is 3.17. The van der Waals surface area contributed by atoms with E-state index >= 15 is 0 Å². The van der Waals surface area contributed by atoms with Gasteiger partial charge in [-0.1, -0.05) is 24.2 Å². The van der Waals surface area contributed by atoms with Crippen molar-refractivity contribution in [3.05, 3.63) is 36.0 Å². The molecule has 0 spiro atoms. The number of hydrogen-bond acceptors (Lipinski definition) is 5. The van der Waals surface area contributed by atoms with Crippen LogP contribution in [-0.2, 0) is 6.42 Å². The molecule has 1 aromatic heterocycles. The Bertz CT molecular complexity index is 581. The highest BCUT2D eigenvalue weighted by Gasteiger charge is 2.32. The average Bonchev–Trinajstić information content (AvgIpc) is 2.84. The summed E-state index contributed by atoms with van der Waals surface area (Å²) in [5.74, 6) is 0.601. The molecule has 6 heteroatoms. The SMILES string of the molecule is CCCc1nnc(N2CC(Oc3ccccc3F)C2)o1. The van der Waals surface area contributed by atoms with Crippen LogP contribution in [-0.4, -0.2) is 29.4 Å². The van der Waals surface area contributed by atoms with Crippen molar-refractivity contribution < 1.29 is 13.5 Å². The zero-order valence-corrected chi connectivity index (χ0v) is 11.3. The van der Waals surface area contributed by atoms with Crippen molar-refractivity contribution in [2.45, 2.75) is 25.9 Å². The first-order valence-corrected chi connectivity index (χ1v) is 6.74. The maximum Gasteiger partial charge on any atom is 0.318 e. The standard InChI is InChI=1S/C14H16FN3O2/c1-2-5-13-16-17-14(20-13)18-8-10(9-18)19-12-7-4-3-6-11(12)15/h3-4,6-7,10H,2,5,8-9H2,1H3. The maximum atomic E-state index is 13.4. The van der Waals surface area contributed by atoms with Crippen molar-refractivity contribution in [2.75, 3.05) is 18.0 Å². The van der Waals surface area contributed by atoms with E-state index in [0.717, 1.165) is 12.8 Å². The molecule has 1 saturated heterocycles. The molecule has 2 heterocycles. The minimum atomic E-state index is -0.339. The van der Waals surface area contributed by atoms with Crippen molar-refractivity contribution in [1.29, 1.82) is 0 Å². The van der Waals surface area contributed by atoms with E-state index in [1.165, 1.54) is 6.07 Å². The van der Waals surface area contributed by atoms with Crippen LogP contribution in [0.5, 0.6) is 5.75 Å². The highest BCUT2D eigenvalue weighted by molar-refractivity contribution is 5.32. The Morgan fingerprint density at radius 2 is 2.15 bits per heavy atom. The Morgan fingerprint density at radius 1 is 1.35 bits per heavy atom. The van der Waals surface area contributed by atoms with Crippen molar-refractivity contribution in [2.24, 2.45) is 0 Å². The first-order chi connectivity index (χ1) is 9.76. The Hall–Kier alpha value is -2.11. The van der Waals surface area contributed by atoms with E-state index < -0.39 is 0 Å². The lowest BCUT2D eigenvalue weighted by atomic mass is 10.2. The summed E-state index contributed by atoms with van der Waals surface area (Å²) in [4.78, 5) is 1.93. The average molecular weight is 277 g/mol. The first kappa shape index (κ1) is 12.9. The van der Waals surface area contributed by atoms with Gasteiger partial charge in [0.05, 0.1) is 13.1 Å². The van der Waals surface area contributed by atoms with Crippen LogP contribution >= 0.6 is 0 Å². The van der Waals surface area contributed by atoms with Gasteiger partial charge in [-0.05, 0) is 18.6 Å². The van der Waals surface area contributed by atoms with Crippen LogP contribution in [0.25, 0.3) is 0 Å². The molecule has 0 amide bonds. The van der Waals surface area contributed by atoms with E-state index in [1.807, 2.05) is 4.90 Å². The number of aromatic nitrogens is 2. The number of rotatable bonds is 5. The summed E-state index contributed by atoms with van der Waals surface area (Å²) in [6, 6.07) is 6.93. The third kappa shape index (κ3) is 2.59. The molecule has 0 unspecified atom stereocenters. The highest BCUT2D eigenvalue weighted by Crippen LogP contribution is 2.24. The van der Waals surface area contributed by atoms with Gasteiger partial charge in [-0.15, -0.1) is 5.10 Å². The van der Waals surface area contributed by atoms with Gasteiger partial charge in [-0.25, -0.2) is 4.39 Å². The van der Waals surface area contributed by atoms with Gasteiger partial charge < -0.3 is 14.1 Å². The van der Waals surface area contributed by atoms with Crippen molar-refractivity contribution in [3.8, 4) is 5.75 Å². The molecule has 0 aliphatic carbocycles. The molecule has 1 aromatic carbocycles. The molecule has 0 atom stereocenters. The topological polar surface area (TPSA) is 51.4 Å². The van der Waals surface area contributed by atoms with Crippen molar-refractivity contribution in [3.63, 3.8) is 0 Å². The molecule has 2 aromatic rings. The van der Waals surface area contributed by atoms with Crippen LogP contribution < -0.4 is 9.64 Å². The maximum absolute atomic E-state index is 13.4. The fourth-order valence-electron chi connectivity index (χ4n) is 2.08. The number of hydrogen-bond donors (Lipinski definition) is 0. The molecular formula is C14H16FN3O2. The van der Waals surface area contributed by atoms with Gasteiger partial charge in [0.2, 0.25) is 5.89 Å². The number of benzene rings is 1. The van der Waals surface area contributed by atoms with E-state index in [-0.39, 0.29) is 17.7 Å². The van der Waals surface area contributed by atoms with Crippen molar-refractivity contribution >= 4 is 6.01 Å². The van der Waals surface area contributed by atoms with Gasteiger partial charge in [0.25, 0.3) is 0 Å². The van der Waals surface area contributed by atoms with Crippen LogP contribution in [0.4, 0.5) is 10.4 Å². The smallest absolute Gasteiger partial charge is 0.318 e. The molecule has 0 radical (unpaired) electrons. The molecule has 20 heavy (non-hydrogen) atoms. The Balaban J connectivity index is 1.54. The van der Waals surface area contributed by atoms with E-state index in [1.54, 1.807) is 18.2 Å². The second-order valence-corrected chi connectivity index (χ2v) is 4.80. The first-order valence-electron chi connectivity index (χ1n) is 6.74. The van der Waals surface area contributed by atoms with Gasteiger partial charge in [-0.2, -0.15) is 0 Å². The summed E-state index contributed by atoms with van der Waals surface area (Å²) in [7, 11) is 0. The van der Waals surface area contributed by atoms with E-state index in [0.29, 0.717) is 25.0 Å². The number of nitrogens with zero attached hydrogens (tertiary/aromatic N) is 3. The van der Waals surface area contributed by atoms with E-state index in [2.05, 4.69) is 17.1 Å². The summed E-state index contributed by atoms with van der Waals surface area (Å²) in [5, 5.41) is 7.97. The quantitative estimate of drug-likeness (QED) is 0.840. The number of aryl methyl sites for hydroxylation is 1. The molecule has 0 saturated carbocycles. The molecule has 0 bridgehead atoms. The highest BCUT2D eigenvalue weighted by atomic mass is 19.1. The third-order valence-corrected chi connectivity index (χ3v) is 3.17. The summed E-state index contributed by atoms with van der Waals surface area (Å²) >= 11 is 0. The second-order valence-electron chi connectivity index (χ2n) is 4.80. The van der Waals surface area contributed by atoms with Crippen LogP contribution in [0.1, 0.15) is 19.2 Å². The lowest BCUT2D eigenvalue weighted by Gasteiger charge is -2.37. The second kappa shape index (κ2) is 5.48. The Labute approximate surface area is 116 Å². The van der Waals surface area contributed by atoms with Gasteiger partial charge in [0, 0.05) is 6.42 Å². The van der Waals surface area contributed by atoms with E-state index in [9.17, 15) is 4.39 Å². The number of halogens is 1. The zero-order chi connectivity index (χ0) is 13.9. The molecule has 1 fully saturated rings. The zero-order valence-electron chi connectivity index (χ0n) is 11.3. The van der Waals surface area contributed by atoms with E-state index in [4.69, 9.17) is 9.15 Å². The van der Waals surface area contributed by atoms with Crippen LogP contribution in [0, 0.1) is 5.82 Å². The number of anilines is 1. The molecule has 0 N–H and O–H groups in total. The normalized spacial score (nSPS) is 15.2. The molecule has 1 aliphatic heterocycles. The summed E-state index contributed by atoms with van der Waals surface area (Å²) < 4.78 is 24.5.